The van der Waals surface area contributed by atoms with Gasteiger partial charge in [0.1, 0.15) is 0 Å². The summed E-state index contributed by atoms with van der Waals surface area (Å²) >= 11 is 0. The normalized spacial score (nSPS) is 53.9. The zero-order valence-corrected chi connectivity index (χ0v) is 22.6. The number of hydrogen-bond acceptors (Lipinski definition) is 1. The number of rotatable bonds is 2. The SMILES string of the molecule is CC1(N2C3CCCCC3C3CCC4CCCCC4[C@H]32)CCC(C2CCC[C@H]3CCCCC23)CC1. The Hall–Kier alpha value is -0.0400. The first kappa shape index (κ1) is 23.1. The molecule has 6 saturated carbocycles. The number of nitrogens with zero attached hydrogens (tertiary/aromatic N) is 1. The molecule has 1 heterocycles. The summed E-state index contributed by atoms with van der Waals surface area (Å²) in [6.45, 7) is 2.79. The maximum absolute atomic E-state index is 3.35. The van der Waals surface area contributed by atoms with Gasteiger partial charge in [-0.15, -0.1) is 0 Å². The average molecular weight is 466 g/mol. The molecule has 7 aliphatic rings. The van der Waals surface area contributed by atoms with E-state index in [4.69, 9.17) is 0 Å². The number of fused-ring (bicyclic) bond motifs is 6. The fraction of sp³-hybridized carbons (Fsp3) is 1.00. The van der Waals surface area contributed by atoms with E-state index in [1.165, 1.54) is 38.5 Å². The van der Waals surface area contributed by atoms with Gasteiger partial charge in [-0.3, -0.25) is 4.90 Å². The van der Waals surface area contributed by atoms with Gasteiger partial charge in [-0.25, -0.2) is 0 Å². The molecule has 0 N–H and O–H groups in total. The second-order valence-corrected chi connectivity index (χ2v) is 15.0. The maximum atomic E-state index is 3.35. The molecular weight excluding hydrogens is 410 g/mol. The Balaban J connectivity index is 1.11. The van der Waals surface area contributed by atoms with Gasteiger partial charge in [0.15, 0.2) is 0 Å². The van der Waals surface area contributed by atoms with Gasteiger partial charge < -0.3 is 0 Å². The van der Waals surface area contributed by atoms with Crippen molar-refractivity contribution >= 4 is 0 Å². The minimum Gasteiger partial charge on any atom is -0.291 e. The van der Waals surface area contributed by atoms with E-state index in [0.29, 0.717) is 5.54 Å². The van der Waals surface area contributed by atoms with Crippen molar-refractivity contribution in [2.24, 2.45) is 47.3 Å². The minimum atomic E-state index is 0.524. The molecule has 0 aromatic heterocycles. The van der Waals surface area contributed by atoms with Crippen molar-refractivity contribution in [1.29, 1.82) is 0 Å². The van der Waals surface area contributed by atoms with Crippen LogP contribution in [0.2, 0.25) is 0 Å². The second kappa shape index (κ2) is 9.36. The van der Waals surface area contributed by atoms with Crippen molar-refractivity contribution in [3.63, 3.8) is 0 Å². The highest BCUT2D eigenvalue weighted by Gasteiger charge is 2.59. The Kier molecular flexibility index (Phi) is 6.36. The summed E-state index contributed by atoms with van der Waals surface area (Å²) in [5, 5.41) is 0. The first-order chi connectivity index (χ1) is 16.7. The monoisotopic (exact) mass is 465 g/mol. The summed E-state index contributed by atoms with van der Waals surface area (Å²) in [7, 11) is 0. The van der Waals surface area contributed by atoms with E-state index >= 15 is 0 Å². The molecule has 0 bridgehead atoms. The lowest BCUT2D eigenvalue weighted by molar-refractivity contribution is -0.0598. The lowest BCUT2D eigenvalue weighted by atomic mass is 9.58. The summed E-state index contributed by atoms with van der Waals surface area (Å²) in [5.74, 6) is 8.71. The third kappa shape index (κ3) is 3.79. The number of likely N-dealkylation sites (tertiary alicyclic amines) is 1. The largest absolute Gasteiger partial charge is 0.291 e. The van der Waals surface area contributed by atoms with Gasteiger partial charge in [0.2, 0.25) is 0 Å². The van der Waals surface area contributed by atoms with Crippen molar-refractivity contribution in [3.05, 3.63) is 0 Å². The molecule has 7 rings (SSSR count). The second-order valence-electron chi connectivity index (χ2n) is 15.0. The lowest BCUT2D eigenvalue weighted by Crippen LogP contribution is -2.59. The summed E-state index contributed by atoms with van der Waals surface area (Å²) in [6.07, 6.45) is 32.8. The van der Waals surface area contributed by atoms with E-state index in [-0.39, 0.29) is 0 Å². The summed E-state index contributed by atoms with van der Waals surface area (Å²) in [5.41, 5.74) is 0.524. The van der Waals surface area contributed by atoms with Crippen molar-refractivity contribution in [1.82, 2.24) is 4.90 Å². The molecule has 9 atom stereocenters. The van der Waals surface area contributed by atoms with E-state index in [0.717, 1.165) is 59.4 Å². The summed E-state index contributed by atoms with van der Waals surface area (Å²) in [4.78, 5) is 3.35. The van der Waals surface area contributed by atoms with Gasteiger partial charge in [-0.05, 0) is 125 Å². The Morgan fingerprint density at radius 3 is 1.74 bits per heavy atom. The third-order valence-corrected chi connectivity index (χ3v) is 13.7. The molecule has 1 aliphatic heterocycles. The highest BCUT2D eigenvalue weighted by Crippen LogP contribution is 2.59. The zero-order chi connectivity index (χ0) is 22.7. The van der Waals surface area contributed by atoms with Crippen LogP contribution in [0.3, 0.4) is 0 Å². The maximum Gasteiger partial charge on any atom is 0.0187 e. The van der Waals surface area contributed by atoms with Gasteiger partial charge >= 0.3 is 0 Å². The molecular formula is C33H55N. The number of hydrogen-bond donors (Lipinski definition) is 0. The van der Waals surface area contributed by atoms with E-state index in [1.807, 2.05) is 0 Å². The van der Waals surface area contributed by atoms with Gasteiger partial charge in [0.25, 0.3) is 0 Å². The zero-order valence-electron chi connectivity index (χ0n) is 22.6. The molecule has 1 nitrogen and oxygen atoms in total. The standard InChI is InChI=1S/C33H55N/c1-33(21-19-25(20-22-33)27-15-8-11-23-9-2-4-12-26(23)27)34-31-16-7-6-14-29(31)30-18-17-24-10-3-5-13-28(24)32(30)34/h23-32H,2-22H2,1H3/t23-,24?,25?,26?,27?,28?,29?,30?,31?,32-,33?/m1/s1. The van der Waals surface area contributed by atoms with Crippen LogP contribution in [-0.4, -0.2) is 22.5 Å². The van der Waals surface area contributed by atoms with Crippen LogP contribution < -0.4 is 0 Å². The van der Waals surface area contributed by atoms with Gasteiger partial charge in [-0.2, -0.15) is 0 Å². The molecule has 0 spiro atoms. The van der Waals surface area contributed by atoms with Crippen LogP contribution in [0.1, 0.15) is 142 Å². The first-order valence-corrected chi connectivity index (χ1v) is 16.5. The summed E-state index contributed by atoms with van der Waals surface area (Å²) < 4.78 is 0. The van der Waals surface area contributed by atoms with Crippen molar-refractivity contribution in [3.8, 4) is 0 Å². The quantitative estimate of drug-likeness (QED) is 0.393. The molecule has 7 fully saturated rings. The smallest absolute Gasteiger partial charge is 0.0187 e. The van der Waals surface area contributed by atoms with Crippen LogP contribution in [-0.2, 0) is 0 Å². The molecule has 192 valence electrons. The molecule has 1 saturated heterocycles. The fourth-order valence-electron chi connectivity index (χ4n) is 12.3. The molecule has 1 heteroatoms. The highest BCUT2D eigenvalue weighted by atomic mass is 15.3. The Morgan fingerprint density at radius 1 is 0.441 bits per heavy atom. The van der Waals surface area contributed by atoms with Crippen molar-refractivity contribution in [2.75, 3.05) is 0 Å². The van der Waals surface area contributed by atoms with Crippen LogP contribution in [0, 0.1) is 47.3 Å². The average Bonchev–Trinajstić information content (AvgIpc) is 3.25. The van der Waals surface area contributed by atoms with E-state index in [9.17, 15) is 0 Å². The van der Waals surface area contributed by atoms with Crippen molar-refractivity contribution < 1.29 is 0 Å². The van der Waals surface area contributed by atoms with Crippen LogP contribution >= 0.6 is 0 Å². The Labute approximate surface area is 211 Å². The van der Waals surface area contributed by atoms with Crippen molar-refractivity contribution in [2.45, 2.75) is 159 Å². The minimum absolute atomic E-state index is 0.524. The molecule has 0 aromatic carbocycles. The highest BCUT2D eigenvalue weighted by molar-refractivity contribution is 5.12. The van der Waals surface area contributed by atoms with E-state index < -0.39 is 0 Å². The first-order valence-electron chi connectivity index (χ1n) is 16.5. The fourth-order valence-corrected chi connectivity index (χ4v) is 12.3. The molecule has 34 heavy (non-hydrogen) atoms. The third-order valence-electron chi connectivity index (χ3n) is 13.7. The molecule has 0 amide bonds. The molecule has 6 aliphatic carbocycles. The Morgan fingerprint density at radius 2 is 0.971 bits per heavy atom. The van der Waals surface area contributed by atoms with Gasteiger partial charge in [0.05, 0.1) is 0 Å². The molecule has 7 unspecified atom stereocenters. The lowest BCUT2D eigenvalue weighted by Gasteiger charge is -2.56. The summed E-state index contributed by atoms with van der Waals surface area (Å²) in [6, 6.07) is 1.94. The predicted molar refractivity (Wildman–Crippen MR) is 143 cm³/mol. The van der Waals surface area contributed by atoms with Crippen LogP contribution in [0.5, 0.6) is 0 Å². The predicted octanol–water partition coefficient (Wildman–Crippen LogP) is 9.00. The molecule has 0 aromatic rings. The van der Waals surface area contributed by atoms with Crippen LogP contribution in [0.25, 0.3) is 0 Å². The van der Waals surface area contributed by atoms with Crippen LogP contribution in [0.4, 0.5) is 0 Å². The topological polar surface area (TPSA) is 3.24 Å². The molecule has 0 radical (unpaired) electrons. The van der Waals surface area contributed by atoms with Gasteiger partial charge in [-0.1, -0.05) is 64.2 Å². The van der Waals surface area contributed by atoms with E-state index in [2.05, 4.69) is 11.8 Å². The Bertz CT molecular complexity index is 703. The van der Waals surface area contributed by atoms with Gasteiger partial charge in [0, 0.05) is 17.6 Å². The van der Waals surface area contributed by atoms with Crippen LogP contribution in [0.15, 0.2) is 0 Å². The van der Waals surface area contributed by atoms with E-state index in [1.54, 1.807) is 96.3 Å².